The third-order valence-corrected chi connectivity index (χ3v) is 2.94. The highest BCUT2D eigenvalue weighted by molar-refractivity contribution is 5.82. The molecule has 2 aromatic rings. The molecule has 21 heavy (non-hydrogen) atoms. The zero-order valence-electron chi connectivity index (χ0n) is 12.2. The van der Waals surface area contributed by atoms with Gasteiger partial charge in [0.25, 0.3) is 0 Å². The van der Waals surface area contributed by atoms with E-state index < -0.39 is 0 Å². The number of benzene rings is 2. The first-order chi connectivity index (χ1) is 10.3. The van der Waals surface area contributed by atoms with Gasteiger partial charge in [0.1, 0.15) is 18.1 Å². The minimum atomic E-state index is 0.0625. The lowest BCUT2D eigenvalue weighted by atomic mass is 10.1. The third kappa shape index (κ3) is 5.30. The van der Waals surface area contributed by atoms with E-state index in [4.69, 9.17) is 9.47 Å². The molecular weight excluding hydrogens is 264 g/mol. The van der Waals surface area contributed by atoms with Crippen molar-refractivity contribution in [1.82, 2.24) is 0 Å². The molecule has 0 fully saturated rings. The van der Waals surface area contributed by atoms with E-state index >= 15 is 0 Å². The number of hydrogen-bond acceptors (Lipinski definition) is 3. The molecule has 3 heteroatoms. The molecule has 0 aliphatic carbocycles. The molecule has 2 rings (SSSR count). The number of hydrogen-bond donors (Lipinski definition) is 0. The van der Waals surface area contributed by atoms with E-state index in [1.165, 1.54) is 0 Å². The average Bonchev–Trinajstić information content (AvgIpc) is 2.53. The maximum Gasteiger partial charge on any atom is 0.174 e. The van der Waals surface area contributed by atoms with E-state index in [2.05, 4.69) is 6.92 Å². The fourth-order valence-corrected chi connectivity index (χ4v) is 1.89. The Bertz CT molecular complexity index is 546. The minimum Gasteiger partial charge on any atom is -0.494 e. The Morgan fingerprint density at radius 3 is 2.14 bits per heavy atom. The van der Waals surface area contributed by atoms with Gasteiger partial charge in [0.15, 0.2) is 5.78 Å². The van der Waals surface area contributed by atoms with Gasteiger partial charge in [0, 0.05) is 6.42 Å². The normalized spacial score (nSPS) is 10.1. The van der Waals surface area contributed by atoms with Crippen LogP contribution in [0.1, 0.15) is 18.9 Å². The summed E-state index contributed by atoms with van der Waals surface area (Å²) in [5.41, 5.74) is 1.01. The van der Waals surface area contributed by atoms with Gasteiger partial charge in [-0.15, -0.1) is 0 Å². The van der Waals surface area contributed by atoms with Crippen molar-refractivity contribution in [2.24, 2.45) is 0 Å². The van der Waals surface area contributed by atoms with Gasteiger partial charge >= 0.3 is 0 Å². The second-order valence-corrected chi connectivity index (χ2v) is 4.81. The molecule has 0 aliphatic heterocycles. The molecular formula is C18H20O3. The summed E-state index contributed by atoms with van der Waals surface area (Å²) in [6, 6.07) is 17.0. The average molecular weight is 284 g/mol. The topological polar surface area (TPSA) is 35.5 Å². The van der Waals surface area contributed by atoms with Gasteiger partial charge in [-0.05, 0) is 36.2 Å². The molecule has 0 atom stereocenters. The molecule has 3 nitrogen and oxygen atoms in total. The van der Waals surface area contributed by atoms with E-state index in [1.807, 2.05) is 54.6 Å². The third-order valence-electron chi connectivity index (χ3n) is 2.94. The lowest BCUT2D eigenvalue weighted by Gasteiger charge is -2.08. The van der Waals surface area contributed by atoms with E-state index in [9.17, 15) is 4.79 Å². The molecule has 0 saturated heterocycles. The van der Waals surface area contributed by atoms with Gasteiger partial charge in [0.2, 0.25) is 0 Å². The maximum atomic E-state index is 11.8. The SMILES string of the molecule is CCCOc1ccc(OCC(=O)Cc2ccccc2)cc1. The lowest BCUT2D eigenvalue weighted by Crippen LogP contribution is -2.13. The zero-order valence-corrected chi connectivity index (χ0v) is 12.2. The predicted molar refractivity (Wildman–Crippen MR) is 82.9 cm³/mol. The van der Waals surface area contributed by atoms with Gasteiger partial charge in [-0.25, -0.2) is 0 Å². The maximum absolute atomic E-state index is 11.8. The van der Waals surface area contributed by atoms with Crippen LogP contribution in [0.3, 0.4) is 0 Å². The summed E-state index contributed by atoms with van der Waals surface area (Å²) in [5, 5.41) is 0. The minimum absolute atomic E-state index is 0.0625. The number of ketones is 1. The van der Waals surface area contributed by atoms with E-state index in [0.717, 1.165) is 17.7 Å². The van der Waals surface area contributed by atoms with Gasteiger partial charge in [-0.2, -0.15) is 0 Å². The second kappa shape index (κ2) is 8.10. The number of Topliss-reactive ketones (excluding diaryl/α,β-unsaturated/α-hetero) is 1. The first kappa shape index (κ1) is 15.1. The largest absolute Gasteiger partial charge is 0.494 e. The van der Waals surface area contributed by atoms with E-state index in [-0.39, 0.29) is 12.4 Å². The molecule has 0 N–H and O–H groups in total. The highest BCUT2D eigenvalue weighted by Crippen LogP contribution is 2.17. The van der Waals surface area contributed by atoms with Gasteiger partial charge in [-0.1, -0.05) is 37.3 Å². The van der Waals surface area contributed by atoms with Crippen molar-refractivity contribution in [2.45, 2.75) is 19.8 Å². The van der Waals surface area contributed by atoms with Crippen LogP contribution in [0.25, 0.3) is 0 Å². The summed E-state index contributed by atoms with van der Waals surface area (Å²) >= 11 is 0. The molecule has 0 aromatic heterocycles. The smallest absolute Gasteiger partial charge is 0.174 e. The molecule has 0 aliphatic rings. The summed E-state index contributed by atoms with van der Waals surface area (Å²) in [6.07, 6.45) is 1.38. The quantitative estimate of drug-likeness (QED) is 0.742. The van der Waals surface area contributed by atoms with Crippen molar-refractivity contribution in [3.63, 3.8) is 0 Å². The first-order valence-electron chi connectivity index (χ1n) is 7.19. The predicted octanol–water partition coefficient (Wildman–Crippen LogP) is 3.67. The van der Waals surface area contributed by atoms with Crippen LogP contribution in [0.5, 0.6) is 11.5 Å². The fourth-order valence-electron chi connectivity index (χ4n) is 1.89. The van der Waals surface area contributed by atoms with Crippen molar-refractivity contribution in [3.05, 3.63) is 60.2 Å². The van der Waals surface area contributed by atoms with Gasteiger partial charge < -0.3 is 9.47 Å². The fraction of sp³-hybridized carbons (Fsp3) is 0.278. The van der Waals surface area contributed by atoms with Crippen molar-refractivity contribution >= 4 is 5.78 Å². The van der Waals surface area contributed by atoms with Crippen LogP contribution < -0.4 is 9.47 Å². The Morgan fingerprint density at radius 1 is 0.905 bits per heavy atom. The van der Waals surface area contributed by atoms with Crippen molar-refractivity contribution < 1.29 is 14.3 Å². The number of carbonyl (C=O) groups is 1. The molecule has 0 radical (unpaired) electrons. The summed E-state index contributed by atoms with van der Waals surface area (Å²) in [7, 11) is 0. The van der Waals surface area contributed by atoms with Gasteiger partial charge in [-0.3, -0.25) is 4.79 Å². The molecule has 0 unspecified atom stereocenters. The monoisotopic (exact) mass is 284 g/mol. The number of carbonyl (C=O) groups excluding carboxylic acids is 1. The molecule has 0 heterocycles. The first-order valence-corrected chi connectivity index (χ1v) is 7.19. The van der Waals surface area contributed by atoms with Crippen molar-refractivity contribution in [2.75, 3.05) is 13.2 Å². The molecule has 0 amide bonds. The van der Waals surface area contributed by atoms with E-state index in [1.54, 1.807) is 0 Å². The van der Waals surface area contributed by atoms with Crippen LogP contribution in [-0.2, 0) is 11.2 Å². The van der Waals surface area contributed by atoms with Crippen LogP contribution in [0.2, 0.25) is 0 Å². The van der Waals surface area contributed by atoms with Crippen LogP contribution in [-0.4, -0.2) is 19.0 Å². The lowest BCUT2D eigenvalue weighted by molar-refractivity contribution is -0.120. The molecule has 110 valence electrons. The van der Waals surface area contributed by atoms with Crippen LogP contribution in [0.4, 0.5) is 0 Å². The summed E-state index contributed by atoms with van der Waals surface area (Å²) in [5.74, 6) is 1.56. The molecule has 0 spiro atoms. The second-order valence-electron chi connectivity index (χ2n) is 4.81. The highest BCUT2D eigenvalue weighted by atomic mass is 16.5. The Morgan fingerprint density at radius 2 is 1.52 bits per heavy atom. The van der Waals surface area contributed by atoms with Crippen LogP contribution in [0.15, 0.2) is 54.6 Å². The highest BCUT2D eigenvalue weighted by Gasteiger charge is 2.05. The molecule has 2 aromatic carbocycles. The summed E-state index contributed by atoms with van der Waals surface area (Å²) < 4.78 is 11.0. The summed E-state index contributed by atoms with van der Waals surface area (Å²) in [4.78, 5) is 11.8. The Labute approximate surface area is 125 Å². The summed E-state index contributed by atoms with van der Waals surface area (Å²) in [6.45, 7) is 2.86. The van der Waals surface area contributed by atoms with Crippen LogP contribution in [0, 0.1) is 0 Å². The Balaban J connectivity index is 1.78. The zero-order chi connectivity index (χ0) is 14.9. The van der Waals surface area contributed by atoms with Crippen molar-refractivity contribution in [3.8, 4) is 11.5 Å². The van der Waals surface area contributed by atoms with Gasteiger partial charge in [0.05, 0.1) is 6.61 Å². The van der Waals surface area contributed by atoms with Crippen LogP contribution >= 0.6 is 0 Å². The molecule has 0 saturated carbocycles. The standard InChI is InChI=1S/C18H20O3/c1-2-12-20-17-8-10-18(11-9-17)21-14-16(19)13-15-6-4-3-5-7-15/h3-11H,2,12-14H2,1H3. The van der Waals surface area contributed by atoms with Crippen molar-refractivity contribution in [1.29, 1.82) is 0 Å². The number of rotatable bonds is 8. The molecule has 0 bridgehead atoms. The Hall–Kier alpha value is -2.29. The number of ether oxygens (including phenoxy) is 2. The van der Waals surface area contributed by atoms with E-state index in [0.29, 0.717) is 18.8 Å². The Kier molecular flexibility index (Phi) is 5.83.